The van der Waals surface area contributed by atoms with Crippen LogP contribution in [0.1, 0.15) is 27.2 Å². The largest absolute Gasteiger partial charge is 0.390 e. The summed E-state index contributed by atoms with van der Waals surface area (Å²) in [5.74, 6) is 0. The monoisotopic (exact) mass is 160 g/mol. The van der Waals surface area contributed by atoms with Crippen LogP contribution in [0, 0.1) is 0 Å². The average Bonchev–Trinajstić information content (AvgIpc) is 2.03. The molecule has 0 heterocycles. The molecule has 0 aliphatic heterocycles. The Morgan fingerprint density at radius 1 is 1.09 bits per heavy atom. The molecular formula is C8H20N2O. The lowest BCUT2D eigenvalue weighted by atomic mass is 10.2. The van der Waals surface area contributed by atoms with E-state index in [1.165, 1.54) is 0 Å². The lowest BCUT2D eigenvalue weighted by Crippen LogP contribution is -2.50. The van der Waals surface area contributed by atoms with E-state index in [1.807, 2.05) is 20.8 Å². The summed E-state index contributed by atoms with van der Waals surface area (Å²) in [6.45, 7) is 7.81. The quantitative estimate of drug-likeness (QED) is 0.490. The van der Waals surface area contributed by atoms with Crippen LogP contribution in [0.5, 0.6) is 0 Å². The maximum absolute atomic E-state index is 9.45. The van der Waals surface area contributed by atoms with Gasteiger partial charge >= 0.3 is 0 Å². The number of likely N-dealkylation sites (N-methyl/N-ethyl adjacent to an activating group) is 2. The summed E-state index contributed by atoms with van der Waals surface area (Å²) in [7, 11) is 0. The Balaban J connectivity index is 3.66. The first-order valence-electron chi connectivity index (χ1n) is 4.41. The highest BCUT2D eigenvalue weighted by molar-refractivity contribution is 4.70. The molecule has 3 nitrogen and oxygen atoms in total. The molecule has 1 atom stereocenters. The van der Waals surface area contributed by atoms with Gasteiger partial charge in [0.05, 0.1) is 12.3 Å². The summed E-state index contributed by atoms with van der Waals surface area (Å²) in [5.41, 5.74) is 0. The zero-order valence-electron chi connectivity index (χ0n) is 7.72. The Labute approximate surface area is 69.2 Å². The Morgan fingerprint density at radius 2 is 1.55 bits per heavy atom. The van der Waals surface area contributed by atoms with Crippen molar-refractivity contribution in [2.24, 2.45) is 0 Å². The number of aliphatic hydroxyl groups is 1. The summed E-state index contributed by atoms with van der Waals surface area (Å²) in [5, 5.41) is 15.8. The van der Waals surface area contributed by atoms with E-state index >= 15 is 0 Å². The third-order valence-corrected chi connectivity index (χ3v) is 1.65. The van der Waals surface area contributed by atoms with Gasteiger partial charge in [-0.1, -0.05) is 20.8 Å². The van der Waals surface area contributed by atoms with E-state index in [2.05, 4.69) is 10.6 Å². The molecule has 3 heteroatoms. The Hall–Kier alpha value is -0.120. The third kappa shape index (κ3) is 4.35. The molecule has 0 aromatic rings. The van der Waals surface area contributed by atoms with Crippen LogP contribution in [0.4, 0.5) is 0 Å². The molecule has 0 saturated heterocycles. The van der Waals surface area contributed by atoms with Crippen molar-refractivity contribution in [2.45, 2.75) is 39.5 Å². The van der Waals surface area contributed by atoms with Crippen LogP contribution in [0.3, 0.4) is 0 Å². The highest BCUT2D eigenvalue weighted by Gasteiger charge is 2.13. The van der Waals surface area contributed by atoms with Crippen molar-refractivity contribution >= 4 is 0 Å². The minimum atomic E-state index is -0.283. The van der Waals surface area contributed by atoms with Crippen LogP contribution in [0.25, 0.3) is 0 Å². The number of aliphatic hydroxyl groups excluding tert-OH is 1. The summed E-state index contributed by atoms with van der Waals surface area (Å²) in [6, 6.07) is 0. The molecular weight excluding hydrogens is 140 g/mol. The first-order valence-corrected chi connectivity index (χ1v) is 4.41. The summed E-state index contributed by atoms with van der Waals surface area (Å²) in [6.07, 6.45) is 0.551. The van der Waals surface area contributed by atoms with Gasteiger partial charge < -0.3 is 15.7 Å². The van der Waals surface area contributed by atoms with Crippen molar-refractivity contribution < 1.29 is 5.11 Å². The first kappa shape index (κ1) is 10.9. The van der Waals surface area contributed by atoms with E-state index < -0.39 is 0 Å². The molecule has 0 radical (unpaired) electrons. The van der Waals surface area contributed by atoms with Crippen LogP contribution in [-0.2, 0) is 0 Å². The molecule has 0 aliphatic rings. The van der Waals surface area contributed by atoms with Crippen molar-refractivity contribution in [3.63, 3.8) is 0 Å². The Morgan fingerprint density at radius 3 is 1.82 bits per heavy atom. The lowest BCUT2D eigenvalue weighted by Gasteiger charge is -2.23. The normalized spacial score (nSPS) is 13.9. The van der Waals surface area contributed by atoms with Gasteiger partial charge in [0.1, 0.15) is 0 Å². The van der Waals surface area contributed by atoms with Crippen molar-refractivity contribution in [3.05, 3.63) is 0 Å². The highest BCUT2D eigenvalue weighted by Crippen LogP contribution is 1.94. The SMILES string of the molecule is CCNC(NCC)[C@@H](O)CC. The van der Waals surface area contributed by atoms with Gasteiger partial charge in [0, 0.05) is 0 Å². The standard InChI is InChI=1S/C8H20N2O/c1-4-7(11)8(9-5-2)10-6-3/h7-11H,4-6H2,1-3H3/t7-/m0/s1. The van der Waals surface area contributed by atoms with Crippen LogP contribution in [-0.4, -0.2) is 30.5 Å². The van der Waals surface area contributed by atoms with E-state index in [0.717, 1.165) is 19.5 Å². The van der Waals surface area contributed by atoms with Gasteiger partial charge in [-0.15, -0.1) is 0 Å². The van der Waals surface area contributed by atoms with Crippen molar-refractivity contribution in [1.29, 1.82) is 0 Å². The second kappa shape index (κ2) is 6.58. The fourth-order valence-corrected chi connectivity index (χ4v) is 1.02. The zero-order valence-corrected chi connectivity index (χ0v) is 7.72. The second-order valence-corrected chi connectivity index (χ2v) is 2.57. The molecule has 0 saturated carbocycles. The molecule has 0 aromatic heterocycles. The van der Waals surface area contributed by atoms with Crippen LogP contribution >= 0.6 is 0 Å². The maximum Gasteiger partial charge on any atom is 0.0839 e. The Bertz CT molecular complexity index is 82.2. The number of hydrogen-bond acceptors (Lipinski definition) is 3. The second-order valence-electron chi connectivity index (χ2n) is 2.57. The van der Waals surface area contributed by atoms with Gasteiger partial charge in [-0.05, 0) is 19.5 Å². The smallest absolute Gasteiger partial charge is 0.0839 e. The summed E-state index contributed by atoms with van der Waals surface area (Å²) < 4.78 is 0. The molecule has 0 fully saturated rings. The lowest BCUT2D eigenvalue weighted by molar-refractivity contribution is 0.108. The Kier molecular flexibility index (Phi) is 6.51. The molecule has 0 bridgehead atoms. The van der Waals surface area contributed by atoms with Gasteiger partial charge in [-0.2, -0.15) is 0 Å². The average molecular weight is 160 g/mol. The van der Waals surface area contributed by atoms with Gasteiger partial charge in [-0.25, -0.2) is 0 Å². The van der Waals surface area contributed by atoms with Gasteiger partial charge in [0.2, 0.25) is 0 Å². The van der Waals surface area contributed by atoms with Gasteiger partial charge in [0.25, 0.3) is 0 Å². The number of rotatable bonds is 6. The zero-order chi connectivity index (χ0) is 8.69. The van der Waals surface area contributed by atoms with Crippen molar-refractivity contribution in [2.75, 3.05) is 13.1 Å². The molecule has 11 heavy (non-hydrogen) atoms. The van der Waals surface area contributed by atoms with Crippen molar-refractivity contribution in [3.8, 4) is 0 Å². The minimum absolute atomic E-state index is 0.0509. The summed E-state index contributed by atoms with van der Waals surface area (Å²) in [4.78, 5) is 0. The molecule has 0 unspecified atom stereocenters. The fraction of sp³-hybridized carbons (Fsp3) is 1.00. The van der Waals surface area contributed by atoms with E-state index in [9.17, 15) is 5.11 Å². The van der Waals surface area contributed by atoms with E-state index in [4.69, 9.17) is 0 Å². The number of nitrogens with one attached hydrogen (secondary N) is 2. The molecule has 0 amide bonds. The summed E-state index contributed by atoms with van der Waals surface area (Å²) >= 11 is 0. The molecule has 0 aliphatic carbocycles. The predicted molar refractivity (Wildman–Crippen MR) is 47.4 cm³/mol. The topological polar surface area (TPSA) is 44.3 Å². The van der Waals surface area contributed by atoms with Crippen molar-refractivity contribution in [1.82, 2.24) is 10.6 Å². The predicted octanol–water partition coefficient (Wildman–Crippen LogP) is 0.302. The maximum atomic E-state index is 9.45. The van der Waals surface area contributed by atoms with E-state index in [1.54, 1.807) is 0 Å². The van der Waals surface area contributed by atoms with E-state index in [-0.39, 0.29) is 12.3 Å². The van der Waals surface area contributed by atoms with Crippen LogP contribution < -0.4 is 10.6 Å². The fourth-order valence-electron chi connectivity index (χ4n) is 1.02. The van der Waals surface area contributed by atoms with Gasteiger partial charge in [-0.3, -0.25) is 0 Å². The van der Waals surface area contributed by atoms with E-state index in [0.29, 0.717) is 0 Å². The van der Waals surface area contributed by atoms with Gasteiger partial charge in [0.15, 0.2) is 0 Å². The van der Waals surface area contributed by atoms with Crippen LogP contribution in [0.2, 0.25) is 0 Å². The minimum Gasteiger partial charge on any atom is -0.390 e. The molecule has 68 valence electrons. The highest BCUT2D eigenvalue weighted by atomic mass is 16.3. The third-order valence-electron chi connectivity index (χ3n) is 1.65. The molecule has 0 rings (SSSR count). The molecule has 0 spiro atoms. The number of hydrogen-bond donors (Lipinski definition) is 3. The van der Waals surface area contributed by atoms with Crippen LogP contribution in [0.15, 0.2) is 0 Å². The molecule has 0 aromatic carbocycles. The first-order chi connectivity index (χ1) is 5.26. The molecule has 3 N–H and O–H groups in total.